The number of halogens is 2. The van der Waals surface area contributed by atoms with Crippen molar-refractivity contribution < 1.29 is 13.5 Å². The van der Waals surface area contributed by atoms with E-state index in [-0.39, 0.29) is 17.1 Å². The number of ether oxygens (including phenoxy) is 1. The summed E-state index contributed by atoms with van der Waals surface area (Å²) in [5.41, 5.74) is 5.16. The van der Waals surface area contributed by atoms with Crippen LogP contribution in [0.1, 0.15) is 19.4 Å². The maximum atomic E-state index is 13.9. The fourth-order valence-electron chi connectivity index (χ4n) is 1.77. The summed E-state index contributed by atoms with van der Waals surface area (Å²) < 4.78 is 33.1. The second kappa shape index (κ2) is 7.04. The summed E-state index contributed by atoms with van der Waals surface area (Å²) in [7, 11) is 0. The van der Waals surface area contributed by atoms with Crippen molar-refractivity contribution in [3.05, 3.63) is 29.3 Å². The number of rotatable bonds is 7. The molecule has 0 aliphatic heterocycles. The summed E-state index contributed by atoms with van der Waals surface area (Å²) in [4.78, 5) is 1.56. The minimum atomic E-state index is -0.719. The molecule has 0 radical (unpaired) electrons. The molecule has 4 nitrogen and oxygen atoms in total. The Balaban J connectivity index is 3.00. The lowest BCUT2D eigenvalue weighted by molar-refractivity contribution is 0.154. The van der Waals surface area contributed by atoms with Gasteiger partial charge in [-0.25, -0.2) is 8.78 Å². The molecule has 0 aliphatic rings. The van der Waals surface area contributed by atoms with E-state index < -0.39 is 11.6 Å². The Morgan fingerprint density at radius 3 is 2.32 bits per heavy atom. The number of hydrogen-bond donors (Lipinski definition) is 2. The fraction of sp³-hybridized carbons (Fsp3) is 0.462. The van der Waals surface area contributed by atoms with Crippen molar-refractivity contribution in [2.24, 2.45) is 5.73 Å². The summed E-state index contributed by atoms with van der Waals surface area (Å²) in [6.07, 6.45) is 0. The number of amidine groups is 1. The molecule has 0 unspecified atom stereocenters. The van der Waals surface area contributed by atoms with Crippen molar-refractivity contribution in [3.8, 4) is 0 Å². The monoisotopic (exact) mass is 271 g/mol. The third kappa shape index (κ3) is 3.89. The zero-order valence-electron chi connectivity index (χ0n) is 11.2. The molecule has 0 atom stereocenters. The first-order valence-corrected chi connectivity index (χ1v) is 6.17. The van der Waals surface area contributed by atoms with E-state index in [0.29, 0.717) is 26.3 Å². The van der Waals surface area contributed by atoms with Crippen LogP contribution >= 0.6 is 0 Å². The normalized spacial score (nSPS) is 10.5. The van der Waals surface area contributed by atoms with Crippen LogP contribution in [0.2, 0.25) is 0 Å². The SMILES string of the molecule is CCOCCN(CC)c1c(F)cc(C(=N)N)cc1F. The summed E-state index contributed by atoms with van der Waals surface area (Å²) in [6, 6.07) is 2.15. The van der Waals surface area contributed by atoms with Crippen LogP contribution in [0.4, 0.5) is 14.5 Å². The second-order valence-electron chi connectivity index (χ2n) is 3.98. The Morgan fingerprint density at radius 2 is 1.89 bits per heavy atom. The van der Waals surface area contributed by atoms with Gasteiger partial charge in [-0.15, -0.1) is 0 Å². The topological polar surface area (TPSA) is 62.3 Å². The molecule has 0 saturated carbocycles. The Kier molecular flexibility index (Phi) is 5.69. The predicted octanol–water partition coefficient (Wildman–Crippen LogP) is 2.11. The van der Waals surface area contributed by atoms with Crippen LogP contribution < -0.4 is 10.6 Å². The molecule has 0 bridgehead atoms. The lowest BCUT2D eigenvalue weighted by Crippen LogP contribution is -2.29. The Labute approximate surface area is 111 Å². The molecule has 3 N–H and O–H groups in total. The molecular weight excluding hydrogens is 252 g/mol. The van der Waals surface area contributed by atoms with Crippen LogP contribution in [0.15, 0.2) is 12.1 Å². The number of nitrogen functional groups attached to an aromatic ring is 1. The molecule has 6 heteroatoms. The molecule has 0 aromatic heterocycles. The molecule has 106 valence electrons. The molecule has 0 heterocycles. The van der Waals surface area contributed by atoms with Gasteiger partial charge >= 0.3 is 0 Å². The smallest absolute Gasteiger partial charge is 0.150 e. The van der Waals surface area contributed by atoms with E-state index >= 15 is 0 Å². The van der Waals surface area contributed by atoms with Crippen molar-refractivity contribution >= 4 is 11.5 Å². The van der Waals surface area contributed by atoms with E-state index in [1.807, 2.05) is 13.8 Å². The number of nitrogens with two attached hydrogens (primary N) is 1. The van der Waals surface area contributed by atoms with Crippen LogP contribution in [0.5, 0.6) is 0 Å². The highest BCUT2D eigenvalue weighted by molar-refractivity contribution is 5.95. The standard InChI is InChI=1S/C13H19F2N3O/c1-3-18(5-6-19-4-2)12-10(14)7-9(13(16)17)8-11(12)15/h7-8H,3-6H2,1-2H3,(H3,16,17). The predicted molar refractivity (Wildman–Crippen MR) is 71.8 cm³/mol. The van der Waals surface area contributed by atoms with Crippen molar-refractivity contribution in [1.82, 2.24) is 0 Å². The van der Waals surface area contributed by atoms with Gasteiger partial charge in [-0.1, -0.05) is 0 Å². The van der Waals surface area contributed by atoms with Gasteiger partial charge in [0.2, 0.25) is 0 Å². The zero-order chi connectivity index (χ0) is 14.4. The molecular formula is C13H19F2N3O. The molecule has 1 aromatic rings. The van der Waals surface area contributed by atoms with Gasteiger partial charge in [0, 0.05) is 25.3 Å². The highest BCUT2D eigenvalue weighted by Gasteiger charge is 2.17. The van der Waals surface area contributed by atoms with E-state index in [0.717, 1.165) is 12.1 Å². The molecule has 0 amide bonds. The van der Waals surface area contributed by atoms with Gasteiger partial charge in [-0.3, -0.25) is 5.41 Å². The van der Waals surface area contributed by atoms with Gasteiger partial charge in [-0.05, 0) is 26.0 Å². The molecule has 0 aliphatic carbocycles. The minimum absolute atomic E-state index is 0.0413. The molecule has 1 aromatic carbocycles. The van der Waals surface area contributed by atoms with Crippen molar-refractivity contribution in [2.75, 3.05) is 31.2 Å². The lowest BCUT2D eigenvalue weighted by atomic mass is 10.1. The van der Waals surface area contributed by atoms with E-state index in [1.165, 1.54) is 0 Å². The summed E-state index contributed by atoms with van der Waals surface area (Å²) >= 11 is 0. The maximum Gasteiger partial charge on any atom is 0.150 e. The summed E-state index contributed by atoms with van der Waals surface area (Å²) in [5.74, 6) is -1.80. The summed E-state index contributed by atoms with van der Waals surface area (Å²) in [5, 5.41) is 7.20. The second-order valence-corrected chi connectivity index (χ2v) is 3.98. The third-order valence-corrected chi connectivity index (χ3v) is 2.74. The lowest BCUT2D eigenvalue weighted by Gasteiger charge is -2.24. The quantitative estimate of drug-likeness (QED) is 0.453. The number of nitrogens with one attached hydrogen (secondary N) is 1. The van der Waals surface area contributed by atoms with Crippen molar-refractivity contribution in [1.29, 1.82) is 5.41 Å². The first-order chi connectivity index (χ1) is 9.01. The minimum Gasteiger partial charge on any atom is -0.384 e. The maximum absolute atomic E-state index is 13.9. The van der Waals surface area contributed by atoms with Gasteiger partial charge in [0.1, 0.15) is 23.2 Å². The molecule has 0 fully saturated rings. The van der Waals surface area contributed by atoms with Crippen molar-refractivity contribution in [3.63, 3.8) is 0 Å². The largest absolute Gasteiger partial charge is 0.384 e. The number of nitrogens with zero attached hydrogens (tertiary/aromatic N) is 1. The molecule has 0 saturated heterocycles. The van der Waals surface area contributed by atoms with Crippen molar-refractivity contribution in [2.45, 2.75) is 13.8 Å². The van der Waals surface area contributed by atoms with Crippen LogP contribution in [0.3, 0.4) is 0 Å². The first kappa shape index (κ1) is 15.4. The summed E-state index contributed by atoms with van der Waals surface area (Å²) in [6.45, 7) is 5.49. The number of likely N-dealkylation sites (N-methyl/N-ethyl adjacent to an activating group) is 1. The van der Waals surface area contributed by atoms with Crippen LogP contribution in [0, 0.1) is 17.0 Å². The number of hydrogen-bond acceptors (Lipinski definition) is 3. The van der Waals surface area contributed by atoms with E-state index in [2.05, 4.69) is 0 Å². The Morgan fingerprint density at radius 1 is 1.32 bits per heavy atom. The molecule has 1 rings (SSSR count). The van der Waals surface area contributed by atoms with Crippen LogP contribution in [-0.2, 0) is 4.74 Å². The van der Waals surface area contributed by atoms with E-state index in [9.17, 15) is 8.78 Å². The van der Waals surface area contributed by atoms with Gasteiger partial charge in [-0.2, -0.15) is 0 Å². The molecule has 19 heavy (non-hydrogen) atoms. The van der Waals surface area contributed by atoms with Crippen LogP contribution in [0.25, 0.3) is 0 Å². The van der Waals surface area contributed by atoms with E-state index in [1.54, 1.807) is 4.90 Å². The average molecular weight is 271 g/mol. The fourth-order valence-corrected chi connectivity index (χ4v) is 1.77. The van der Waals surface area contributed by atoms with Crippen LogP contribution in [-0.4, -0.2) is 32.1 Å². The molecule has 0 spiro atoms. The van der Waals surface area contributed by atoms with Gasteiger partial charge in [0.15, 0.2) is 0 Å². The van der Waals surface area contributed by atoms with Gasteiger partial charge in [0.25, 0.3) is 0 Å². The Bertz CT molecular complexity index is 429. The number of benzene rings is 1. The first-order valence-electron chi connectivity index (χ1n) is 6.17. The third-order valence-electron chi connectivity index (χ3n) is 2.74. The van der Waals surface area contributed by atoms with Gasteiger partial charge in [0.05, 0.1) is 6.61 Å². The van der Waals surface area contributed by atoms with E-state index in [4.69, 9.17) is 15.9 Å². The number of anilines is 1. The average Bonchev–Trinajstić information content (AvgIpc) is 2.35. The Hall–Kier alpha value is -1.69. The zero-order valence-corrected chi connectivity index (χ0v) is 11.2. The van der Waals surface area contributed by atoms with Gasteiger partial charge < -0.3 is 15.4 Å². The highest BCUT2D eigenvalue weighted by Crippen LogP contribution is 2.24. The highest BCUT2D eigenvalue weighted by atomic mass is 19.1.